The van der Waals surface area contributed by atoms with Crippen LogP contribution in [0.1, 0.15) is 48.5 Å². The molecular formula is C26H35FeOP2+. The van der Waals surface area contributed by atoms with Crippen molar-refractivity contribution in [3.8, 4) is 0 Å². The van der Waals surface area contributed by atoms with Gasteiger partial charge in [-0.1, -0.05) is 79.2 Å². The molecule has 2 aliphatic rings. The van der Waals surface area contributed by atoms with E-state index in [0.29, 0.717) is 5.66 Å². The second kappa shape index (κ2) is 12.5. The number of hydrogen-bond donors (Lipinski definition) is 0. The second-order valence-corrected chi connectivity index (χ2v) is 15.1. The van der Waals surface area contributed by atoms with Gasteiger partial charge in [0.25, 0.3) is 0 Å². The van der Waals surface area contributed by atoms with Crippen LogP contribution in [0.4, 0.5) is 0 Å². The van der Waals surface area contributed by atoms with Crippen LogP contribution >= 0.6 is 15.7 Å². The zero-order valence-corrected chi connectivity index (χ0v) is 22.1. The molecule has 1 unspecified atom stereocenters. The summed E-state index contributed by atoms with van der Waals surface area (Å²) >= 11 is 0. The van der Waals surface area contributed by atoms with Crippen LogP contribution < -0.4 is 5.30 Å². The third-order valence-electron chi connectivity index (χ3n) is 4.87. The molecule has 2 fully saturated rings. The molecule has 2 aliphatic carbocycles. The fourth-order valence-electron chi connectivity index (χ4n) is 4.29. The van der Waals surface area contributed by atoms with E-state index in [-0.39, 0.29) is 35.3 Å². The molecule has 3 rings (SSSR count). The molecule has 0 amide bonds. The molecule has 0 aromatic heterocycles. The van der Waals surface area contributed by atoms with Gasteiger partial charge < -0.3 is 0 Å². The van der Waals surface area contributed by atoms with Crippen LogP contribution in [0.5, 0.6) is 0 Å². The van der Waals surface area contributed by atoms with Crippen LogP contribution in [0.2, 0.25) is 0 Å². The Morgan fingerprint density at radius 3 is 1.67 bits per heavy atom. The number of benzene rings is 1. The molecule has 0 heterocycles. The van der Waals surface area contributed by atoms with Crippen LogP contribution in [-0.2, 0) is 21.6 Å². The van der Waals surface area contributed by atoms with Gasteiger partial charge in [0.15, 0.2) is 5.30 Å². The molecule has 4 heteroatoms. The molecule has 162 valence electrons. The second-order valence-electron chi connectivity index (χ2n) is 9.35. The van der Waals surface area contributed by atoms with Gasteiger partial charge in [-0.15, -0.1) is 0 Å². The summed E-state index contributed by atoms with van der Waals surface area (Å²) in [5.74, 6) is 1.27. The van der Waals surface area contributed by atoms with Gasteiger partial charge >= 0.3 is 7.80 Å². The van der Waals surface area contributed by atoms with E-state index >= 15 is 0 Å². The first-order valence-corrected chi connectivity index (χ1v) is 12.9. The minimum absolute atomic E-state index is 0. The zero-order valence-electron chi connectivity index (χ0n) is 19.2. The molecule has 1 aromatic carbocycles. The third kappa shape index (κ3) is 8.00. The molecule has 0 bridgehead atoms. The summed E-state index contributed by atoms with van der Waals surface area (Å²) in [6.45, 7) is 16.4. The molecule has 0 N–H and O–H groups in total. The van der Waals surface area contributed by atoms with Crippen molar-refractivity contribution in [3.05, 3.63) is 93.3 Å². The fourth-order valence-corrected chi connectivity index (χ4v) is 10.7. The molecule has 2 atom stereocenters. The van der Waals surface area contributed by atoms with Gasteiger partial charge in [-0.25, -0.2) is 0 Å². The maximum atomic E-state index is 13.1. The van der Waals surface area contributed by atoms with Crippen molar-refractivity contribution in [2.75, 3.05) is 0 Å². The van der Waals surface area contributed by atoms with Crippen LogP contribution in [0.3, 0.4) is 0 Å². The first-order chi connectivity index (χ1) is 13.5. The summed E-state index contributed by atoms with van der Waals surface area (Å²) in [7, 11) is -1.82. The summed E-state index contributed by atoms with van der Waals surface area (Å²) < 4.78 is 13.1. The van der Waals surface area contributed by atoms with Crippen molar-refractivity contribution in [2.24, 2.45) is 0 Å². The molecule has 10 radical (unpaired) electrons. The van der Waals surface area contributed by atoms with Gasteiger partial charge in [-0.3, -0.25) is 0 Å². The van der Waals surface area contributed by atoms with E-state index in [0.717, 1.165) is 11.0 Å². The van der Waals surface area contributed by atoms with Crippen molar-refractivity contribution in [1.29, 1.82) is 0 Å². The summed E-state index contributed by atoms with van der Waals surface area (Å²) in [5, 5.41) is 1.42. The first kappa shape index (κ1) is 28.3. The van der Waals surface area contributed by atoms with E-state index in [4.69, 9.17) is 0 Å². The SMILES string of the molecule is C[C@H]([C]1[CH][CH][CH][C]1[P+](=O)c1ccccc1)P(C(C)(C)C)C(C)(C)C.[CH]1[CH][CH][CH][CH]1.[Fe]. The van der Waals surface area contributed by atoms with E-state index in [2.05, 4.69) is 67.7 Å². The van der Waals surface area contributed by atoms with Gasteiger partial charge in [0.05, 0.1) is 0 Å². The molecule has 2 saturated carbocycles. The van der Waals surface area contributed by atoms with Crippen LogP contribution in [0.25, 0.3) is 0 Å². The Labute approximate surface area is 200 Å². The van der Waals surface area contributed by atoms with Crippen molar-refractivity contribution < 1.29 is 21.6 Å². The normalized spacial score (nSPS) is 19.8. The Hall–Kier alpha value is 0.269. The Kier molecular flexibility index (Phi) is 11.8. The van der Waals surface area contributed by atoms with Gasteiger partial charge in [-0.2, -0.15) is 0 Å². The molecule has 0 spiro atoms. The summed E-state index contributed by atoms with van der Waals surface area (Å²) in [6, 6.07) is 9.84. The van der Waals surface area contributed by atoms with Crippen LogP contribution in [-0.4, -0.2) is 16.0 Å². The Morgan fingerprint density at radius 1 is 0.767 bits per heavy atom. The molecule has 0 aliphatic heterocycles. The van der Waals surface area contributed by atoms with E-state index in [1.54, 1.807) is 0 Å². The molecular weight excluding hydrogens is 446 g/mol. The molecule has 1 aromatic rings. The Bertz CT molecular complexity index is 607. The Balaban J connectivity index is 0.000000655. The fraction of sp³-hybridized carbons (Fsp3) is 0.385. The van der Waals surface area contributed by atoms with E-state index in [1.807, 2.05) is 62.4 Å². The topological polar surface area (TPSA) is 17.1 Å². The average molecular weight is 481 g/mol. The minimum atomic E-state index is -1.52. The summed E-state index contributed by atoms with van der Waals surface area (Å²) in [4.78, 5) is 0. The molecule has 1 nitrogen and oxygen atoms in total. The Morgan fingerprint density at radius 2 is 1.23 bits per heavy atom. The van der Waals surface area contributed by atoms with Crippen molar-refractivity contribution >= 4 is 21.0 Å². The van der Waals surface area contributed by atoms with Gasteiger partial charge in [0.1, 0.15) is 0 Å². The maximum Gasteiger partial charge on any atom is 0.389 e. The summed E-state index contributed by atoms with van der Waals surface area (Å²) in [6.07, 6.45) is 16.3. The van der Waals surface area contributed by atoms with E-state index < -0.39 is 7.80 Å². The van der Waals surface area contributed by atoms with Crippen LogP contribution in [0, 0.1) is 62.9 Å². The van der Waals surface area contributed by atoms with E-state index in [9.17, 15) is 4.57 Å². The van der Waals surface area contributed by atoms with Gasteiger partial charge in [0, 0.05) is 29.4 Å². The molecule has 30 heavy (non-hydrogen) atoms. The van der Waals surface area contributed by atoms with Gasteiger partial charge in [0.2, 0.25) is 5.66 Å². The monoisotopic (exact) mass is 481 g/mol. The smallest absolute Gasteiger partial charge is 0.0919 e. The number of rotatable bonds is 4. The van der Waals surface area contributed by atoms with E-state index in [1.165, 1.54) is 5.92 Å². The third-order valence-corrected chi connectivity index (χ3v) is 10.4. The van der Waals surface area contributed by atoms with Crippen LogP contribution in [0.15, 0.2) is 30.3 Å². The quantitative estimate of drug-likeness (QED) is 0.325. The predicted molar refractivity (Wildman–Crippen MR) is 130 cm³/mol. The maximum absolute atomic E-state index is 13.1. The molecule has 0 saturated heterocycles. The number of hydrogen-bond acceptors (Lipinski definition) is 1. The van der Waals surface area contributed by atoms with Gasteiger partial charge in [-0.05, 0) is 73.0 Å². The van der Waals surface area contributed by atoms with Crippen molar-refractivity contribution in [3.63, 3.8) is 0 Å². The average Bonchev–Trinajstić information content (AvgIpc) is 3.33. The van der Waals surface area contributed by atoms with Crippen molar-refractivity contribution in [2.45, 2.75) is 64.4 Å². The predicted octanol–water partition coefficient (Wildman–Crippen LogP) is 7.36. The van der Waals surface area contributed by atoms with Crippen molar-refractivity contribution in [1.82, 2.24) is 0 Å². The first-order valence-electron chi connectivity index (χ1n) is 10.3. The summed E-state index contributed by atoms with van der Waals surface area (Å²) in [5.41, 5.74) is 1.44. The minimum Gasteiger partial charge on any atom is -0.0919 e. The standard InChI is InChI=1S/C21H30OP2.C5H5.Fe/c1-16(24(20(2,3)4)21(5,6)7)18-14-11-15-19(18)23(22)17-12-9-8-10-13-17;1-2-4-5-3-1;/h8-16H,1-7H3;1-5H;/q+1;;/t16-;;/m1../s1. The largest absolute Gasteiger partial charge is 0.389 e. The zero-order chi connectivity index (χ0) is 21.7.